The average molecular weight is 292 g/mol. The minimum absolute atomic E-state index is 0.294. The molecule has 0 radical (unpaired) electrons. The van der Waals surface area contributed by atoms with Gasteiger partial charge in [-0.2, -0.15) is 0 Å². The Morgan fingerprint density at radius 2 is 2.20 bits per heavy atom. The smallest absolute Gasteiger partial charge is 0.338 e. The predicted octanol–water partition coefficient (Wildman–Crippen LogP) is 2.84. The second-order valence-electron chi connectivity index (χ2n) is 4.62. The zero-order chi connectivity index (χ0) is 14.8. The zero-order valence-corrected chi connectivity index (χ0v) is 12.2. The van der Waals surface area contributed by atoms with Gasteiger partial charge in [0.05, 0.1) is 12.2 Å². The highest BCUT2D eigenvalue weighted by molar-refractivity contribution is 8.02. The fraction of sp³-hybridized carbons (Fsp3) is 0.333. The molecular weight excluding hydrogens is 276 g/mol. The molecule has 0 saturated heterocycles. The Morgan fingerprint density at radius 3 is 2.75 bits per heavy atom. The van der Waals surface area contributed by atoms with Crippen molar-refractivity contribution in [2.24, 2.45) is 0 Å². The van der Waals surface area contributed by atoms with E-state index in [0.29, 0.717) is 23.5 Å². The minimum atomic E-state index is -1.05. The van der Waals surface area contributed by atoms with Gasteiger partial charge in [-0.1, -0.05) is 12.1 Å². The molecule has 5 heteroatoms. The zero-order valence-electron chi connectivity index (χ0n) is 11.4. The normalized spacial score (nSPS) is 21.4. The monoisotopic (exact) mass is 292 g/mol. The van der Waals surface area contributed by atoms with Gasteiger partial charge in [0.25, 0.3) is 0 Å². The molecule has 1 aromatic carbocycles. The topological polar surface area (TPSA) is 63.6 Å². The highest BCUT2D eigenvalue weighted by atomic mass is 32.2. The molecule has 1 aliphatic rings. The lowest BCUT2D eigenvalue weighted by Crippen LogP contribution is -2.37. The van der Waals surface area contributed by atoms with Gasteiger partial charge in [-0.15, -0.1) is 11.8 Å². The maximum atomic E-state index is 11.8. The van der Waals surface area contributed by atoms with Crippen LogP contribution in [0.15, 0.2) is 35.2 Å². The van der Waals surface area contributed by atoms with E-state index in [-0.39, 0.29) is 0 Å². The van der Waals surface area contributed by atoms with Gasteiger partial charge in [0.2, 0.25) is 0 Å². The van der Waals surface area contributed by atoms with E-state index >= 15 is 0 Å². The summed E-state index contributed by atoms with van der Waals surface area (Å²) in [6.07, 6.45) is 0. The van der Waals surface area contributed by atoms with Crippen molar-refractivity contribution in [3.8, 4) is 0 Å². The summed E-state index contributed by atoms with van der Waals surface area (Å²) in [6.45, 7) is 3.84. The third kappa shape index (κ3) is 2.33. The number of aliphatic carboxylic acids is 1. The van der Waals surface area contributed by atoms with Crippen LogP contribution in [-0.2, 0) is 14.9 Å². The molecule has 0 saturated carbocycles. The lowest BCUT2D eigenvalue weighted by molar-refractivity contribution is -0.141. The lowest BCUT2D eigenvalue weighted by Gasteiger charge is -2.26. The Balaban J connectivity index is 2.46. The summed E-state index contributed by atoms with van der Waals surface area (Å²) in [7, 11) is 0. The molecule has 1 aliphatic heterocycles. The maximum absolute atomic E-state index is 11.8. The third-order valence-electron chi connectivity index (χ3n) is 3.46. The Kier molecular flexibility index (Phi) is 4.18. The number of ether oxygens (including phenoxy) is 1. The van der Waals surface area contributed by atoms with Crippen LogP contribution in [0.4, 0.5) is 0 Å². The van der Waals surface area contributed by atoms with Gasteiger partial charge in [0.15, 0.2) is 0 Å². The molecule has 106 valence electrons. The van der Waals surface area contributed by atoms with E-state index in [2.05, 4.69) is 0 Å². The second-order valence-corrected chi connectivity index (χ2v) is 5.48. The number of hydrogen-bond acceptors (Lipinski definition) is 4. The fourth-order valence-electron chi connectivity index (χ4n) is 2.30. The van der Waals surface area contributed by atoms with Crippen molar-refractivity contribution in [1.29, 1.82) is 0 Å². The molecule has 4 nitrogen and oxygen atoms in total. The molecular formula is C15H16O4S. The van der Waals surface area contributed by atoms with Gasteiger partial charge in [-0.3, -0.25) is 4.79 Å². The highest BCUT2D eigenvalue weighted by Crippen LogP contribution is 2.42. The highest BCUT2D eigenvalue weighted by Gasteiger charge is 2.45. The molecule has 0 aliphatic carbocycles. The van der Waals surface area contributed by atoms with Gasteiger partial charge in [-0.05, 0) is 42.5 Å². The Bertz CT molecular complexity index is 579. The summed E-state index contributed by atoms with van der Waals surface area (Å²) in [6, 6.07) is 6.70. The first-order valence-corrected chi connectivity index (χ1v) is 7.37. The van der Waals surface area contributed by atoms with Crippen LogP contribution in [0.3, 0.4) is 0 Å². The van der Waals surface area contributed by atoms with Gasteiger partial charge >= 0.3 is 11.9 Å². The van der Waals surface area contributed by atoms with E-state index in [1.165, 1.54) is 11.8 Å². The molecule has 20 heavy (non-hydrogen) atoms. The van der Waals surface area contributed by atoms with E-state index in [9.17, 15) is 14.7 Å². The fourth-order valence-corrected chi connectivity index (χ4v) is 3.60. The molecule has 2 rings (SSSR count). The summed E-state index contributed by atoms with van der Waals surface area (Å²) in [5, 5.41) is 11.5. The van der Waals surface area contributed by atoms with Crippen LogP contribution in [0.5, 0.6) is 0 Å². The SMILES string of the molecule is CCOC(=O)c1cccc(C2(C(=O)O)CSC=C2C)c1. The molecule has 1 N–H and O–H groups in total. The first-order valence-electron chi connectivity index (χ1n) is 6.32. The van der Waals surface area contributed by atoms with E-state index in [1.54, 1.807) is 31.2 Å². The largest absolute Gasteiger partial charge is 0.480 e. The summed E-state index contributed by atoms with van der Waals surface area (Å²) in [4.78, 5) is 23.5. The van der Waals surface area contributed by atoms with Gasteiger partial charge in [0.1, 0.15) is 5.41 Å². The number of rotatable bonds is 4. The Labute approximate surface area is 121 Å². The lowest BCUT2D eigenvalue weighted by atomic mass is 9.76. The quantitative estimate of drug-likeness (QED) is 0.865. The summed E-state index contributed by atoms with van der Waals surface area (Å²) in [5.74, 6) is -0.875. The average Bonchev–Trinajstić information content (AvgIpc) is 2.82. The molecule has 0 spiro atoms. The number of carboxylic acid groups (broad SMARTS) is 1. The van der Waals surface area contributed by atoms with Gasteiger partial charge in [0, 0.05) is 5.75 Å². The van der Waals surface area contributed by atoms with Crippen molar-refractivity contribution in [3.05, 3.63) is 46.4 Å². The molecule has 0 amide bonds. The van der Waals surface area contributed by atoms with Crippen LogP contribution >= 0.6 is 11.8 Å². The van der Waals surface area contributed by atoms with E-state index in [1.807, 2.05) is 12.3 Å². The minimum Gasteiger partial charge on any atom is -0.480 e. The predicted molar refractivity (Wildman–Crippen MR) is 77.9 cm³/mol. The van der Waals surface area contributed by atoms with Crippen LogP contribution in [0.1, 0.15) is 29.8 Å². The number of hydrogen-bond donors (Lipinski definition) is 1. The molecule has 1 heterocycles. The molecule has 0 aromatic heterocycles. The van der Waals surface area contributed by atoms with Crippen molar-refractivity contribution in [3.63, 3.8) is 0 Å². The number of carboxylic acids is 1. The Hall–Kier alpha value is -1.75. The van der Waals surface area contributed by atoms with Crippen molar-refractivity contribution in [2.45, 2.75) is 19.3 Å². The number of esters is 1. The summed E-state index contributed by atoms with van der Waals surface area (Å²) in [5.41, 5.74) is 0.743. The van der Waals surface area contributed by atoms with Crippen molar-refractivity contribution < 1.29 is 19.4 Å². The van der Waals surface area contributed by atoms with Crippen molar-refractivity contribution >= 4 is 23.7 Å². The van der Waals surface area contributed by atoms with Crippen LogP contribution in [0, 0.1) is 0 Å². The summed E-state index contributed by atoms with van der Waals surface area (Å²) >= 11 is 1.48. The summed E-state index contributed by atoms with van der Waals surface area (Å²) < 4.78 is 4.96. The van der Waals surface area contributed by atoms with E-state index < -0.39 is 17.4 Å². The van der Waals surface area contributed by atoms with Crippen LogP contribution in [0.2, 0.25) is 0 Å². The van der Waals surface area contributed by atoms with Crippen LogP contribution in [0.25, 0.3) is 0 Å². The number of carbonyl (C=O) groups is 2. The number of carbonyl (C=O) groups excluding carboxylic acids is 1. The van der Waals surface area contributed by atoms with Crippen LogP contribution < -0.4 is 0 Å². The van der Waals surface area contributed by atoms with Crippen LogP contribution in [-0.4, -0.2) is 29.4 Å². The van der Waals surface area contributed by atoms with Crippen molar-refractivity contribution in [2.75, 3.05) is 12.4 Å². The second kappa shape index (κ2) is 5.71. The van der Waals surface area contributed by atoms with E-state index in [0.717, 1.165) is 5.57 Å². The molecule has 0 fully saturated rings. The third-order valence-corrected chi connectivity index (χ3v) is 4.58. The standard InChI is InChI=1S/C15H16O4S/c1-3-19-13(16)11-5-4-6-12(7-11)15(14(17)18)9-20-8-10(15)2/h4-8H,3,9H2,1-2H3,(H,17,18). The molecule has 0 bridgehead atoms. The molecule has 1 atom stereocenters. The van der Waals surface area contributed by atoms with Gasteiger partial charge < -0.3 is 9.84 Å². The first kappa shape index (κ1) is 14.7. The number of benzene rings is 1. The van der Waals surface area contributed by atoms with Gasteiger partial charge in [-0.25, -0.2) is 4.79 Å². The number of thioether (sulfide) groups is 1. The first-order chi connectivity index (χ1) is 9.52. The van der Waals surface area contributed by atoms with E-state index in [4.69, 9.17) is 4.74 Å². The van der Waals surface area contributed by atoms with Crippen molar-refractivity contribution in [1.82, 2.24) is 0 Å². The molecule has 1 aromatic rings. The maximum Gasteiger partial charge on any atom is 0.338 e. The molecule has 1 unspecified atom stereocenters. The Morgan fingerprint density at radius 1 is 1.45 bits per heavy atom.